The maximum absolute atomic E-state index is 9.78. The van der Waals surface area contributed by atoms with Gasteiger partial charge in [-0.1, -0.05) is 10.5 Å². The van der Waals surface area contributed by atoms with Crippen LogP contribution in [0.2, 0.25) is 0 Å². The summed E-state index contributed by atoms with van der Waals surface area (Å²) in [6.45, 7) is 0. The van der Waals surface area contributed by atoms with Crippen LogP contribution in [0.3, 0.4) is 0 Å². The van der Waals surface area contributed by atoms with Crippen LogP contribution in [0.1, 0.15) is 0 Å². The first-order valence-corrected chi connectivity index (χ1v) is 6.13. The number of aromatic nitrogens is 3. The summed E-state index contributed by atoms with van der Waals surface area (Å²) in [7, 11) is 7.93. The van der Waals surface area contributed by atoms with E-state index in [1.807, 2.05) is 0 Å². The molecule has 0 aliphatic rings. The molecule has 23 heavy (non-hydrogen) atoms. The van der Waals surface area contributed by atoms with Crippen LogP contribution in [0.5, 0.6) is 0 Å². The van der Waals surface area contributed by atoms with Crippen LogP contribution in [0.15, 0.2) is 0 Å². The van der Waals surface area contributed by atoms with Crippen LogP contribution < -0.4 is 15.5 Å². The number of aliphatic hydroxyl groups excluding tert-OH is 1. The monoisotopic (exact) mass is 336 g/mol. The smallest absolute Gasteiger partial charge is 0.284 e. The molecule has 13 heteroatoms. The molecule has 1 aromatic heterocycles. The molecule has 1 heterocycles. The fraction of sp³-hybridized carbons (Fsp3) is 0.700. The molecule has 1 atom stereocenters. The second-order valence-electron chi connectivity index (χ2n) is 3.55. The Morgan fingerprint density at radius 1 is 0.696 bits per heavy atom. The summed E-state index contributed by atoms with van der Waals surface area (Å²) < 4.78 is 4.77. The Morgan fingerprint density at radius 2 is 1.09 bits per heavy atom. The maximum atomic E-state index is 9.78. The van der Waals surface area contributed by atoms with Crippen molar-refractivity contribution >= 4 is 17.8 Å². The van der Waals surface area contributed by atoms with Gasteiger partial charge in [0.05, 0.1) is 35.5 Å². The Labute approximate surface area is 132 Å². The van der Waals surface area contributed by atoms with Crippen molar-refractivity contribution < 1.29 is 34.0 Å². The van der Waals surface area contributed by atoms with Gasteiger partial charge in [-0.2, -0.15) is 20.0 Å². The predicted molar refractivity (Wildman–Crippen MR) is 75.3 cm³/mol. The Bertz CT molecular complexity index is 443. The van der Waals surface area contributed by atoms with E-state index in [9.17, 15) is 5.11 Å². The lowest BCUT2D eigenvalue weighted by molar-refractivity contribution is -0.129. The minimum Gasteiger partial charge on any atom is -0.349 e. The van der Waals surface area contributed by atoms with E-state index in [0.717, 1.165) is 15.5 Å². The zero-order valence-corrected chi connectivity index (χ0v) is 13.7. The van der Waals surface area contributed by atoms with E-state index < -0.39 is 6.41 Å². The van der Waals surface area contributed by atoms with Crippen molar-refractivity contribution in [2.75, 3.05) is 58.2 Å². The quantitative estimate of drug-likeness (QED) is 0.416. The van der Waals surface area contributed by atoms with E-state index in [1.54, 1.807) is 0 Å². The SMILES string of the molecule is COC(O)N(OC)c1nc(N(OC)OC)nc(N(OC)OC)n1. The highest BCUT2D eigenvalue weighted by Gasteiger charge is 2.25. The van der Waals surface area contributed by atoms with Crippen LogP contribution >= 0.6 is 0 Å². The lowest BCUT2D eigenvalue weighted by Gasteiger charge is -2.25. The average molecular weight is 336 g/mol. The summed E-state index contributed by atoms with van der Waals surface area (Å²) >= 11 is 0. The zero-order valence-electron chi connectivity index (χ0n) is 13.7. The molecule has 1 aromatic rings. The first kappa shape index (κ1) is 19.2. The molecule has 1 rings (SSSR count). The third-order valence-corrected chi connectivity index (χ3v) is 2.40. The fourth-order valence-corrected chi connectivity index (χ4v) is 1.45. The minimum atomic E-state index is -1.47. The number of aliphatic hydroxyl groups is 1. The molecule has 0 spiro atoms. The summed E-state index contributed by atoms with van der Waals surface area (Å²) in [5.41, 5.74) is 0. The van der Waals surface area contributed by atoms with Gasteiger partial charge < -0.3 is 9.84 Å². The van der Waals surface area contributed by atoms with Gasteiger partial charge in [-0.3, -0.25) is 4.84 Å². The molecule has 0 aromatic carbocycles. The Kier molecular flexibility index (Phi) is 7.76. The van der Waals surface area contributed by atoms with Crippen LogP contribution in [0.25, 0.3) is 0 Å². The number of methoxy groups -OCH3 is 1. The number of hydrogen-bond donors (Lipinski definition) is 1. The van der Waals surface area contributed by atoms with Gasteiger partial charge in [0, 0.05) is 7.11 Å². The molecule has 0 saturated carbocycles. The molecular weight excluding hydrogens is 316 g/mol. The van der Waals surface area contributed by atoms with E-state index in [2.05, 4.69) is 15.0 Å². The van der Waals surface area contributed by atoms with Crippen LogP contribution in [0, 0.1) is 0 Å². The Hall–Kier alpha value is -1.87. The zero-order chi connectivity index (χ0) is 17.4. The van der Waals surface area contributed by atoms with E-state index in [4.69, 9.17) is 28.9 Å². The Morgan fingerprint density at radius 3 is 1.39 bits per heavy atom. The van der Waals surface area contributed by atoms with E-state index in [1.165, 1.54) is 42.7 Å². The summed E-state index contributed by atoms with van der Waals surface area (Å²) in [5, 5.41) is 12.4. The number of anilines is 3. The summed E-state index contributed by atoms with van der Waals surface area (Å²) in [6, 6.07) is 0. The average Bonchev–Trinajstić information content (AvgIpc) is 2.57. The van der Waals surface area contributed by atoms with Gasteiger partial charge >= 0.3 is 0 Å². The van der Waals surface area contributed by atoms with Gasteiger partial charge in [-0.05, 0) is 0 Å². The second-order valence-corrected chi connectivity index (χ2v) is 3.55. The number of nitrogens with zero attached hydrogens (tertiary/aromatic N) is 6. The van der Waals surface area contributed by atoms with Crippen molar-refractivity contribution in [2.45, 2.75) is 6.41 Å². The molecule has 0 amide bonds. The molecular formula is C10H20N6O7. The van der Waals surface area contributed by atoms with Crippen molar-refractivity contribution in [3.05, 3.63) is 0 Å². The van der Waals surface area contributed by atoms with Gasteiger partial charge in [0.1, 0.15) is 0 Å². The van der Waals surface area contributed by atoms with Gasteiger partial charge in [0.2, 0.25) is 0 Å². The topological polar surface area (TPSA) is 124 Å². The van der Waals surface area contributed by atoms with E-state index in [-0.39, 0.29) is 17.8 Å². The molecule has 0 aliphatic heterocycles. The highest BCUT2D eigenvalue weighted by Crippen LogP contribution is 2.20. The Balaban J connectivity index is 3.37. The van der Waals surface area contributed by atoms with Crippen LogP contribution in [0.4, 0.5) is 17.8 Å². The standard InChI is InChI=1S/C10H20N6O7/c1-18-10(17)14(19-2)7-11-8(15(20-3)21-4)13-9(12-7)16(22-5)23-6/h10,17H,1-6H3. The predicted octanol–water partition coefficient (Wildman–Crippen LogP) is -0.980. The molecule has 0 aliphatic carbocycles. The molecule has 1 N–H and O–H groups in total. The van der Waals surface area contributed by atoms with Crippen molar-refractivity contribution in [3.63, 3.8) is 0 Å². The first-order chi connectivity index (χ1) is 11.1. The molecule has 0 radical (unpaired) electrons. The lowest BCUT2D eigenvalue weighted by Crippen LogP contribution is -2.38. The summed E-state index contributed by atoms with van der Waals surface area (Å²) in [4.78, 5) is 36.9. The largest absolute Gasteiger partial charge is 0.349 e. The third-order valence-electron chi connectivity index (χ3n) is 2.40. The summed E-state index contributed by atoms with van der Waals surface area (Å²) in [5.74, 6) is -0.265. The van der Waals surface area contributed by atoms with Gasteiger partial charge in [0.25, 0.3) is 24.3 Å². The molecule has 13 nitrogen and oxygen atoms in total. The van der Waals surface area contributed by atoms with Crippen molar-refractivity contribution in [1.29, 1.82) is 0 Å². The van der Waals surface area contributed by atoms with E-state index in [0.29, 0.717) is 0 Å². The highest BCUT2D eigenvalue weighted by molar-refractivity contribution is 5.41. The third kappa shape index (κ3) is 4.55. The van der Waals surface area contributed by atoms with Crippen molar-refractivity contribution in [2.24, 2.45) is 0 Å². The second kappa shape index (κ2) is 9.31. The highest BCUT2D eigenvalue weighted by atomic mass is 16.9. The molecule has 0 fully saturated rings. The molecule has 132 valence electrons. The first-order valence-electron chi connectivity index (χ1n) is 6.13. The lowest BCUT2D eigenvalue weighted by atomic mass is 10.8. The van der Waals surface area contributed by atoms with Crippen LogP contribution in [-0.4, -0.2) is 69.1 Å². The maximum Gasteiger partial charge on any atom is 0.284 e. The number of ether oxygens (including phenoxy) is 1. The minimum absolute atomic E-state index is 0.0700. The van der Waals surface area contributed by atoms with Gasteiger partial charge in [-0.15, -0.1) is 0 Å². The van der Waals surface area contributed by atoms with Crippen molar-refractivity contribution in [3.8, 4) is 0 Å². The molecule has 0 saturated heterocycles. The van der Waals surface area contributed by atoms with Crippen LogP contribution in [-0.2, 0) is 28.9 Å². The number of hydroxylamine groups is 1. The number of hydrogen-bond acceptors (Lipinski definition) is 13. The molecule has 1 unspecified atom stereocenters. The number of rotatable bonds is 10. The summed E-state index contributed by atoms with van der Waals surface area (Å²) in [6.07, 6.45) is -1.47. The van der Waals surface area contributed by atoms with Gasteiger partial charge in [0.15, 0.2) is 0 Å². The van der Waals surface area contributed by atoms with Gasteiger partial charge in [-0.25, -0.2) is 19.4 Å². The fourth-order valence-electron chi connectivity index (χ4n) is 1.45. The normalized spacial score (nSPS) is 12.1. The van der Waals surface area contributed by atoms with Crippen molar-refractivity contribution in [1.82, 2.24) is 15.0 Å². The van der Waals surface area contributed by atoms with E-state index >= 15 is 0 Å². The molecule has 0 bridgehead atoms.